The first kappa shape index (κ1) is 24.6. The number of aryl methyl sites for hydroxylation is 1. The van der Waals surface area contributed by atoms with Crippen molar-refractivity contribution >= 4 is 12.2 Å². The van der Waals surface area contributed by atoms with E-state index in [4.69, 9.17) is 14.0 Å². The van der Waals surface area contributed by atoms with Gasteiger partial charge in [0, 0.05) is 18.0 Å². The van der Waals surface area contributed by atoms with Gasteiger partial charge in [-0.3, -0.25) is 0 Å². The van der Waals surface area contributed by atoms with Crippen LogP contribution in [0.5, 0.6) is 5.75 Å². The van der Waals surface area contributed by atoms with Crippen LogP contribution in [0, 0.1) is 6.92 Å². The lowest BCUT2D eigenvalue weighted by atomic mass is 10.2. The molecular formula is C25H29N3O6. The molecule has 0 fully saturated rings. The van der Waals surface area contributed by atoms with Gasteiger partial charge in [0.1, 0.15) is 11.5 Å². The summed E-state index contributed by atoms with van der Waals surface area (Å²) in [5.41, 5.74) is 2.53. The highest BCUT2D eigenvalue weighted by Crippen LogP contribution is 2.22. The molecule has 34 heavy (non-hydrogen) atoms. The lowest BCUT2D eigenvalue weighted by Crippen LogP contribution is -2.43. The van der Waals surface area contributed by atoms with Gasteiger partial charge in [0.05, 0.1) is 26.0 Å². The van der Waals surface area contributed by atoms with Crippen LogP contribution in [0.2, 0.25) is 0 Å². The van der Waals surface area contributed by atoms with Crippen LogP contribution in [0.1, 0.15) is 30.9 Å². The standard InChI is InChI=1S/C25H29N3O6/c1-17(2)26-24(29)28(34-25(30)31-4)16-19-10-12-21(13-11-19)32-15-14-22-18(3)33-23(27-22)20-8-6-5-7-9-20/h5-13,17H,14-16H2,1-4H3,(H,26,29). The number of benzene rings is 2. The molecule has 180 valence electrons. The van der Waals surface area contributed by atoms with Crippen LogP contribution in [0.25, 0.3) is 11.5 Å². The number of hydrogen-bond donors (Lipinski definition) is 1. The van der Waals surface area contributed by atoms with Gasteiger partial charge >= 0.3 is 12.2 Å². The smallest absolute Gasteiger partial charge is 0.493 e. The molecule has 1 heterocycles. The number of aromatic nitrogens is 1. The Morgan fingerprint density at radius 3 is 2.44 bits per heavy atom. The minimum Gasteiger partial charge on any atom is -0.493 e. The quantitative estimate of drug-likeness (QED) is 0.372. The SMILES string of the molecule is COC(=O)ON(Cc1ccc(OCCc2nc(-c3ccccc3)oc2C)cc1)C(=O)NC(C)C. The van der Waals surface area contributed by atoms with E-state index in [2.05, 4.69) is 15.0 Å². The van der Waals surface area contributed by atoms with E-state index in [1.165, 1.54) is 7.11 Å². The largest absolute Gasteiger partial charge is 0.533 e. The van der Waals surface area contributed by atoms with E-state index in [1.807, 2.05) is 51.1 Å². The Morgan fingerprint density at radius 2 is 1.79 bits per heavy atom. The monoisotopic (exact) mass is 467 g/mol. The molecule has 9 nitrogen and oxygen atoms in total. The highest BCUT2D eigenvalue weighted by atomic mass is 16.8. The number of ether oxygens (including phenoxy) is 2. The van der Waals surface area contributed by atoms with Gasteiger partial charge in [-0.25, -0.2) is 14.6 Å². The van der Waals surface area contributed by atoms with Crippen molar-refractivity contribution in [2.75, 3.05) is 13.7 Å². The maximum Gasteiger partial charge on any atom is 0.533 e. The first-order valence-corrected chi connectivity index (χ1v) is 10.9. The number of oxazole rings is 1. The Labute approximate surface area is 198 Å². The van der Waals surface area contributed by atoms with Crippen LogP contribution in [0.15, 0.2) is 59.0 Å². The van der Waals surface area contributed by atoms with Crippen LogP contribution in [-0.2, 0) is 22.5 Å². The molecule has 0 bridgehead atoms. The van der Waals surface area contributed by atoms with Gasteiger partial charge in [-0.1, -0.05) is 30.3 Å². The average Bonchev–Trinajstić information content (AvgIpc) is 3.20. The second kappa shape index (κ2) is 11.7. The summed E-state index contributed by atoms with van der Waals surface area (Å²) in [6.45, 7) is 5.98. The molecule has 0 aliphatic heterocycles. The van der Waals surface area contributed by atoms with Crippen LogP contribution in [0.4, 0.5) is 9.59 Å². The number of urea groups is 1. The van der Waals surface area contributed by atoms with Crippen molar-refractivity contribution in [3.05, 3.63) is 71.6 Å². The Morgan fingerprint density at radius 1 is 1.09 bits per heavy atom. The van der Waals surface area contributed by atoms with Crippen LogP contribution in [0.3, 0.4) is 0 Å². The molecule has 2 amide bonds. The fourth-order valence-electron chi connectivity index (χ4n) is 3.08. The summed E-state index contributed by atoms with van der Waals surface area (Å²) >= 11 is 0. The first-order valence-electron chi connectivity index (χ1n) is 10.9. The molecular weight excluding hydrogens is 438 g/mol. The highest BCUT2D eigenvalue weighted by molar-refractivity contribution is 5.75. The summed E-state index contributed by atoms with van der Waals surface area (Å²) in [4.78, 5) is 33.4. The molecule has 0 radical (unpaired) electrons. The minimum atomic E-state index is -0.975. The minimum absolute atomic E-state index is 0.0499. The molecule has 0 atom stereocenters. The van der Waals surface area contributed by atoms with Gasteiger partial charge in [0.2, 0.25) is 5.89 Å². The van der Waals surface area contributed by atoms with Crippen LogP contribution in [-0.4, -0.2) is 42.0 Å². The second-order valence-electron chi connectivity index (χ2n) is 7.82. The average molecular weight is 468 g/mol. The van der Waals surface area contributed by atoms with Gasteiger partial charge < -0.3 is 24.0 Å². The van der Waals surface area contributed by atoms with Crippen molar-refractivity contribution in [3.8, 4) is 17.2 Å². The van der Waals surface area contributed by atoms with Crippen molar-refractivity contribution in [1.29, 1.82) is 0 Å². The van der Waals surface area contributed by atoms with E-state index in [-0.39, 0.29) is 12.6 Å². The van der Waals surface area contributed by atoms with E-state index in [0.29, 0.717) is 24.7 Å². The highest BCUT2D eigenvalue weighted by Gasteiger charge is 2.20. The number of carbonyl (C=O) groups is 2. The zero-order chi connectivity index (χ0) is 24.5. The lowest BCUT2D eigenvalue weighted by molar-refractivity contribution is -0.0930. The maximum atomic E-state index is 12.3. The summed E-state index contributed by atoms with van der Waals surface area (Å²) in [6.07, 6.45) is -0.377. The normalized spacial score (nSPS) is 10.6. The number of methoxy groups -OCH3 is 1. The van der Waals surface area contributed by atoms with E-state index >= 15 is 0 Å². The van der Waals surface area contributed by atoms with Crippen molar-refractivity contribution in [2.24, 2.45) is 0 Å². The molecule has 1 aromatic heterocycles. The molecule has 0 aliphatic rings. The summed E-state index contributed by atoms with van der Waals surface area (Å²) in [5.74, 6) is 2.03. The Balaban J connectivity index is 1.55. The third-order valence-electron chi connectivity index (χ3n) is 4.76. The molecule has 1 N–H and O–H groups in total. The number of nitrogens with one attached hydrogen (secondary N) is 1. The second-order valence-corrected chi connectivity index (χ2v) is 7.82. The molecule has 3 aromatic rings. The zero-order valence-corrected chi connectivity index (χ0v) is 19.7. The van der Waals surface area contributed by atoms with Crippen molar-refractivity contribution in [2.45, 2.75) is 39.8 Å². The number of nitrogens with zero attached hydrogens (tertiary/aromatic N) is 2. The van der Waals surface area contributed by atoms with Crippen LogP contribution < -0.4 is 10.1 Å². The third-order valence-corrected chi connectivity index (χ3v) is 4.76. The molecule has 0 unspecified atom stereocenters. The van der Waals surface area contributed by atoms with Gasteiger partial charge in [-0.05, 0) is 50.6 Å². The Kier molecular flexibility index (Phi) is 8.50. The molecule has 2 aromatic carbocycles. The van der Waals surface area contributed by atoms with Gasteiger partial charge in [0.25, 0.3) is 0 Å². The molecule has 0 saturated heterocycles. The number of hydrogen-bond acceptors (Lipinski definition) is 7. The van der Waals surface area contributed by atoms with E-state index in [0.717, 1.165) is 27.6 Å². The van der Waals surface area contributed by atoms with E-state index < -0.39 is 12.2 Å². The van der Waals surface area contributed by atoms with Crippen LogP contribution >= 0.6 is 0 Å². The summed E-state index contributed by atoms with van der Waals surface area (Å²) in [5, 5.41) is 3.60. The lowest BCUT2D eigenvalue weighted by Gasteiger charge is -2.22. The zero-order valence-electron chi connectivity index (χ0n) is 19.7. The summed E-state index contributed by atoms with van der Waals surface area (Å²) in [7, 11) is 1.18. The van der Waals surface area contributed by atoms with Crippen molar-refractivity contribution < 1.29 is 28.3 Å². The third kappa shape index (κ3) is 6.99. The maximum absolute atomic E-state index is 12.3. The summed E-state index contributed by atoms with van der Waals surface area (Å²) in [6, 6.07) is 16.2. The molecule has 0 saturated carbocycles. The number of rotatable bonds is 8. The molecule has 0 aliphatic carbocycles. The number of amides is 2. The van der Waals surface area contributed by atoms with Gasteiger partial charge in [-0.15, -0.1) is 5.06 Å². The van der Waals surface area contributed by atoms with Crippen molar-refractivity contribution in [3.63, 3.8) is 0 Å². The predicted molar refractivity (Wildman–Crippen MR) is 125 cm³/mol. The fraction of sp³-hybridized carbons (Fsp3) is 0.320. The molecule has 9 heteroatoms. The Hall–Kier alpha value is -4.01. The number of hydroxylamine groups is 2. The van der Waals surface area contributed by atoms with Crippen molar-refractivity contribution in [1.82, 2.24) is 15.4 Å². The fourth-order valence-corrected chi connectivity index (χ4v) is 3.08. The topological polar surface area (TPSA) is 103 Å². The predicted octanol–water partition coefficient (Wildman–Crippen LogP) is 4.89. The van der Waals surface area contributed by atoms with Gasteiger partial charge in [0.15, 0.2) is 0 Å². The molecule has 0 spiro atoms. The Bertz CT molecular complexity index is 1080. The molecule has 3 rings (SSSR count). The number of carbonyl (C=O) groups excluding carboxylic acids is 2. The summed E-state index contributed by atoms with van der Waals surface area (Å²) < 4.78 is 16.1. The first-order chi connectivity index (χ1) is 16.4. The van der Waals surface area contributed by atoms with E-state index in [1.54, 1.807) is 24.3 Å². The van der Waals surface area contributed by atoms with E-state index in [9.17, 15) is 9.59 Å². The van der Waals surface area contributed by atoms with Gasteiger partial charge in [-0.2, -0.15) is 0 Å².